The first kappa shape index (κ1) is 18.2. The Morgan fingerprint density at radius 3 is 2.81 bits per heavy atom. The summed E-state index contributed by atoms with van der Waals surface area (Å²) in [6.45, 7) is 6.14. The molecule has 1 aromatic carbocycles. The zero-order chi connectivity index (χ0) is 19.0. The third-order valence-electron chi connectivity index (χ3n) is 4.93. The van der Waals surface area contributed by atoms with E-state index in [2.05, 4.69) is 27.1 Å². The van der Waals surface area contributed by atoms with Crippen molar-refractivity contribution in [3.05, 3.63) is 46.1 Å². The Kier molecular flexibility index (Phi) is 5.02. The number of nitrogens with zero attached hydrogens (tertiary/aromatic N) is 3. The number of aromatic nitrogens is 2. The highest BCUT2D eigenvalue weighted by Gasteiger charge is 2.25. The van der Waals surface area contributed by atoms with Crippen molar-refractivity contribution < 1.29 is 4.79 Å². The molecule has 1 amide bonds. The molecule has 7 heteroatoms. The summed E-state index contributed by atoms with van der Waals surface area (Å²) >= 11 is 7.48. The fraction of sp³-hybridized carbons (Fsp3) is 0.350. The normalized spacial score (nSPS) is 17.3. The van der Waals surface area contributed by atoms with E-state index < -0.39 is 0 Å². The number of fused-ring (bicyclic) bond motifs is 1. The Morgan fingerprint density at radius 1 is 1.30 bits per heavy atom. The lowest BCUT2D eigenvalue weighted by Gasteiger charge is -2.32. The monoisotopic (exact) mass is 400 g/mol. The van der Waals surface area contributed by atoms with Gasteiger partial charge in [-0.1, -0.05) is 18.5 Å². The molecule has 4 rings (SSSR count). The van der Waals surface area contributed by atoms with Crippen molar-refractivity contribution in [3.8, 4) is 0 Å². The molecule has 0 bridgehead atoms. The summed E-state index contributed by atoms with van der Waals surface area (Å²) in [5.74, 6) is 1.36. The Morgan fingerprint density at radius 2 is 2.07 bits per heavy atom. The predicted molar refractivity (Wildman–Crippen MR) is 112 cm³/mol. The summed E-state index contributed by atoms with van der Waals surface area (Å²) in [6, 6.07) is 7.13. The van der Waals surface area contributed by atoms with Crippen molar-refractivity contribution >= 4 is 50.6 Å². The topological polar surface area (TPSA) is 58.1 Å². The van der Waals surface area contributed by atoms with E-state index in [4.69, 9.17) is 11.6 Å². The standard InChI is InChI=1S/C20H21ClN4OS/c1-12-4-3-9-25(10-12)18-17-16(13(2)27-20(17)23-11-22-18)19(26)24-15-7-5-14(21)6-8-15/h5-8,11-12H,3-4,9-10H2,1-2H3,(H,24,26)/t12-/m0/s1. The second-order valence-electron chi connectivity index (χ2n) is 7.07. The highest BCUT2D eigenvalue weighted by Crippen LogP contribution is 2.36. The van der Waals surface area contributed by atoms with E-state index in [0.29, 0.717) is 22.2 Å². The first-order valence-electron chi connectivity index (χ1n) is 9.09. The molecule has 3 aromatic rings. The number of carbonyl (C=O) groups excluding carboxylic acids is 1. The van der Waals surface area contributed by atoms with E-state index in [-0.39, 0.29) is 5.91 Å². The SMILES string of the molecule is Cc1sc2ncnc(N3CCC[C@H](C)C3)c2c1C(=O)Nc1ccc(Cl)cc1. The third kappa shape index (κ3) is 3.64. The minimum Gasteiger partial charge on any atom is -0.356 e. The van der Waals surface area contributed by atoms with Crippen molar-refractivity contribution in [2.45, 2.75) is 26.7 Å². The lowest BCUT2D eigenvalue weighted by atomic mass is 10.00. The summed E-state index contributed by atoms with van der Waals surface area (Å²) in [5.41, 5.74) is 1.38. The number of amides is 1. The van der Waals surface area contributed by atoms with Crippen LogP contribution in [0.15, 0.2) is 30.6 Å². The number of anilines is 2. The number of thiophene rings is 1. The Labute approximate surface area is 167 Å². The average molecular weight is 401 g/mol. The average Bonchev–Trinajstić information content (AvgIpc) is 2.99. The molecule has 1 aliphatic rings. The van der Waals surface area contributed by atoms with Gasteiger partial charge in [0.15, 0.2) is 0 Å². The van der Waals surface area contributed by atoms with E-state index in [9.17, 15) is 4.79 Å². The van der Waals surface area contributed by atoms with Crippen LogP contribution >= 0.6 is 22.9 Å². The van der Waals surface area contributed by atoms with E-state index >= 15 is 0 Å². The number of hydrogen-bond acceptors (Lipinski definition) is 5. The molecule has 2 aromatic heterocycles. The van der Waals surface area contributed by atoms with Crippen LogP contribution in [-0.2, 0) is 0 Å². The van der Waals surface area contributed by atoms with Crippen molar-refractivity contribution in [1.29, 1.82) is 0 Å². The van der Waals surface area contributed by atoms with Crippen LogP contribution < -0.4 is 10.2 Å². The fourth-order valence-electron chi connectivity index (χ4n) is 3.65. The van der Waals surface area contributed by atoms with Crippen molar-refractivity contribution in [2.24, 2.45) is 5.92 Å². The zero-order valence-corrected chi connectivity index (χ0v) is 16.9. The second-order valence-corrected chi connectivity index (χ2v) is 8.70. The predicted octanol–water partition coefficient (Wildman–Crippen LogP) is 5.14. The number of halogens is 1. The number of benzene rings is 1. The van der Waals surface area contributed by atoms with Crippen LogP contribution in [-0.4, -0.2) is 29.0 Å². The summed E-state index contributed by atoms with van der Waals surface area (Å²) in [5, 5.41) is 4.48. The number of rotatable bonds is 3. The second kappa shape index (κ2) is 7.44. The molecule has 1 saturated heterocycles. The zero-order valence-electron chi connectivity index (χ0n) is 15.3. The van der Waals surface area contributed by atoms with Gasteiger partial charge >= 0.3 is 0 Å². The summed E-state index contributed by atoms with van der Waals surface area (Å²) < 4.78 is 0. The van der Waals surface area contributed by atoms with E-state index in [1.807, 2.05) is 6.92 Å². The van der Waals surface area contributed by atoms with Gasteiger partial charge in [-0.05, 0) is 49.9 Å². The van der Waals surface area contributed by atoms with E-state index in [1.165, 1.54) is 17.8 Å². The van der Waals surface area contributed by atoms with Gasteiger partial charge in [0.1, 0.15) is 17.0 Å². The van der Waals surface area contributed by atoms with Crippen molar-refractivity contribution in [2.75, 3.05) is 23.3 Å². The van der Waals surface area contributed by atoms with Crippen LogP contribution in [0.2, 0.25) is 5.02 Å². The number of hydrogen-bond donors (Lipinski definition) is 1. The van der Waals surface area contributed by atoms with Gasteiger partial charge in [-0.3, -0.25) is 4.79 Å². The van der Waals surface area contributed by atoms with E-state index in [0.717, 1.165) is 40.4 Å². The molecule has 1 aliphatic heterocycles. The van der Waals surface area contributed by atoms with Gasteiger partial charge in [-0.15, -0.1) is 11.3 Å². The molecule has 0 saturated carbocycles. The van der Waals surface area contributed by atoms with Crippen LogP contribution in [0.4, 0.5) is 11.5 Å². The molecule has 0 radical (unpaired) electrons. The third-order valence-corrected chi connectivity index (χ3v) is 6.20. The molecule has 0 unspecified atom stereocenters. The molecule has 3 heterocycles. The molecule has 27 heavy (non-hydrogen) atoms. The van der Waals surface area contributed by atoms with Crippen LogP contribution in [0.5, 0.6) is 0 Å². The Hall–Kier alpha value is -2.18. The molecule has 1 atom stereocenters. The molecule has 0 spiro atoms. The van der Waals surface area contributed by atoms with Gasteiger partial charge < -0.3 is 10.2 Å². The minimum atomic E-state index is -0.137. The molecular formula is C20H21ClN4OS. The molecule has 1 N–H and O–H groups in total. The molecule has 0 aliphatic carbocycles. The maximum Gasteiger partial charge on any atom is 0.257 e. The first-order chi connectivity index (χ1) is 13.0. The number of piperidine rings is 1. The maximum atomic E-state index is 13.1. The van der Waals surface area contributed by atoms with Crippen LogP contribution in [0.3, 0.4) is 0 Å². The lowest BCUT2D eigenvalue weighted by molar-refractivity contribution is 0.102. The molecule has 5 nitrogen and oxygen atoms in total. The van der Waals surface area contributed by atoms with Gasteiger partial charge in [0.25, 0.3) is 5.91 Å². The molecular weight excluding hydrogens is 380 g/mol. The minimum absolute atomic E-state index is 0.137. The van der Waals surface area contributed by atoms with Crippen molar-refractivity contribution in [1.82, 2.24) is 9.97 Å². The highest BCUT2D eigenvalue weighted by atomic mass is 35.5. The summed E-state index contributed by atoms with van der Waals surface area (Å²) in [4.78, 5) is 26.2. The Balaban J connectivity index is 1.74. The van der Waals surface area contributed by atoms with Gasteiger partial charge in [-0.25, -0.2) is 9.97 Å². The summed E-state index contributed by atoms with van der Waals surface area (Å²) in [7, 11) is 0. The van der Waals surface area contributed by atoms with Gasteiger partial charge in [0, 0.05) is 28.7 Å². The number of aryl methyl sites for hydroxylation is 1. The van der Waals surface area contributed by atoms with Crippen LogP contribution in [0, 0.1) is 12.8 Å². The van der Waals surface area contributed by atoms with Gasteiger partial charge in [0.2, 0.25) is 0 Å². The van der Waals surface area contributed by atoms with Crippen LogP contribution in [0.25, 0.3) is 10.2 Å². The van der Waals surface area contributed by atoms with Gasteiger partial charge in [0.05, 0.1) is 10.9 Å². The maximum absolute atomic E-state index is 13.1. The Bertz CT molecular complexity index is 986. The van der Waals surface area contributed by atoms with Gasteiger partial charge in [-0.2, -0.15) is 0 Å². The van der Waals surface area contributed by atoms with Crippen LogP contribution in [0.1, 0.15) is 35.0 Å². The molecule has 140 valence electrons. The quantitative estimate of drug-likeness (QED) is 0.661. The fourth-order valence-corrected chi connectivity index (χ4v) is 4.76. The first-order valence-corrected chi connectivity index (χ1v) is 10.3. The number of nitrogens with one attached hydrogen (secondary N) is 1. The largest absolute Gasteiger partial charge is 0.356 e. The van der Waals surface area contributed by atoms with Crippen molar-refractivity contribution in [3.63, 3.8) is 0 Å². The highest BCUT2D eigenvalue weighted by molar-refractivity contribution is 7.19. The number of carbonyl (C=O) groups is 1. The van der Waals surface area contributed by atoms with E-state index in [1.54, 1.807) is 30.6 Å². The summed E-state index contributed by atoms with van der Waals surface area (Å²) in [6.07, 6.45) is 3.98. The lowest BCUT2D eigenvalue weighted by Crippen LogP contribution is -2.35. The molecule has 1 fully saturated rings. The smallest absolute Gasteiger partial charge is 0.257 e.